The van der Waals surface area contributed by atoms with Gasteiger partial charge in [0.2, 0.25) is 5.91 Å². The van der Waals surface area contributed by atoms with Crippen LogP contribution in [0.3, 0.4) is 0 Å². The van der Waals surface area contributed by atoms with Crippen molar-refractivity contribution in [3.05, 3.63) is 77.2 Å². The van der Waals surface area contributed by atoms with Crippen LogP contribution in [0, 0.1) is 0 Å². The minimum atomic E-state index is -0.946. The molecule has 5 rings (SSSR count). The minimum Gasteiger partial charge on any atom is -0.486 e. The van der Waals surface area contributed by atoms with Crippen LogP contribution in [0.15, 0.2) is 65.3 Å². The Morgan fingerprint density at radius 2 is 1.71 bits per heavy atom. The van der Waals surface area contributed by atoms with Crippen LogP contribution in [0.4, 0.5) is 5.69 Å². The molecule has 176 valence electrons. The zero-order valence-electron chi connectivity index (χ0n) is 18.5. The average molecular weight is 481 g/mol. The van der Waals surface area contributed by atoms with Crippen LogP contribution >= 0.6 is 11.6 Å². The van der Waals surface area contributed by atoms with E-state index in [1.54, 1.807) is 54.6 Å². The summed E-state index contributed by atoms with van der Waals surface area (Å²) in [5, 5.41) is 3.70. The molecule has 1 unspecified atom stereocenters. The Kier molecular flexibility index (Phi) is 6.45. The van der Waals surface area contributed by atoms with Crippen molar-refractivity contribution in [2.45, 2.75) is 37.8 Å². The summed E-state index contributed by atoms with van der Waals surface area (Å²) in [6.45, 7) is 0.865. The fourth-order valence-electron chi connectivity index (χ4n) is 4.50. The summed E-state index contributed by atoms with van der Waals surface area (Å²) in [7, 11) is 0. The van der Waals surface area contributed by atoms with Crippen LogP contribution in [0.25, 0.3) is 0 Å². The van der Waals surface area contributed by atoms with Crippen molar-refractivity contribution in [2.24, 2.45) is 0 Å². The topological polar surface area (TPSA) is 81.0 Å². The zero-order valence-corrected chi connectivity index (χ0v) is 19.3. The molecule has 1 aliphatic heterocycles. The molecule has 1 aromatic heterocycles. The number of furan rings is 1. The number of amides is 2. The van der Waals surface area contributed by atoms with Crippen molar-refractivity contribution < 1.29 is 23.5 Å². The number of hydrogen-bond acceptors (Lipinski definition) is 5. The van der Waals surface area contributed by atoms with Crippen LogP contribution < -0.4 is 19.7 Å². The number of nitrogens with one attached hydrogen (secondary N) is 1. The first kappa shape index (κ1) is 22.3. The number of ether oxygens (including phenoxy) is 2. The number of anilines is 1. The summed E-state index contributed by atoms with van der Waals surface area (Å²) in [5.74, 6) is 0.542. The van der Waals surface area contributed by atoms with E-state index in [0.29, 0.717) is 41.0 Å². The lowest BCUT2D eigenvalue weighted by molar-refractivity contribution is -0.123. The molecule has 2 aromatic carbocycles. The van der Waals surface area contributed by atoms with Gasteiger partial charge in [-0.3, -0.25) is 14.5 Å². The van der Waals surface area contributed by atoms with Gasteiger partial charge in [-0.1, -0.05) is 36.6 Å². The monoisotopic (exact) mass is 480 g/mol. The fourth-order valence-corrected chi connectivity index (χ4v) is 4.62. The quantitative estimate of drug-likeness (QED) is 0.527. The fraction of sp³-hybridized carbons (Fsp3) is 0.308. The Bertz CT molecular complexity index is 1160. The van der Waals surface area contributed by atoms with Gasteiger partial charge in [0.15, 0.2) is 17.3 Å². The molecule has 0 saturated heterocycles. The van der Waals surface area contributed by atoms with E-state index < -0.39 is 11.9 Å². The first-order chi connectivity index (χ1) is 16.6. The maximum absolute atomic E-state index is 13.8. The van der Waals surface area contributed by atoms with E-state index in [-0.39, 0.29) is 17.7 Å². The zero-order chi connectivity index (χ0) is 23.5. The Morgan fingerprint density at radius 1 is 0.971 bits per heavy atom. The van der Waals surface area contributed by atoms with Crippen LogP contribution in [0.5, 0.6) is 11.5 Å². The number of fused-ring (bicyclic) bond motifs is 1. The van der Waals surface area contributed by atoms with Crippen molar-refractivity contribution in [1.29, 1.82) is 0 Å². The number of rotatable bonds is 6. The molecule has 0 bridgehead atoms. The van der Waals surface area contributed by atoms with Gasteiger partial charge in [0.25, 0.3) is 5.91 Å². The molecule has 0 radical (unpaired) electrons. The summed E-state index contributed by atoms with van der Waals surface area (Å²) < 4.78 is 16.8. The average Bonchev–Trinajstić information content (AvgIpc) is 3.57. The molecule has 8 heteroatoms. The maximum atomic E-state index is 13.8. The number of nitrogens with zero attached hydrogens (tertiary/aromatic N) is 1. The summed E-state index contributed by atoms with van der Waals surface area (Å²) in [6, 6.07) is 14.6. The molecule has 3 aromatic rings. The molecule has 0 spiro atoms. The summed E-state index contributed by atoms with van der Waals surface area (Å²) in [4.78, 5) is 28.9. The number of hydrogen-bond donors (Lipinski definition) is 1. The Morgan fingerprint density at radius 3 is 2.41 bits per heavy atom. The van der Waals surface area contributed by atoms with Gasteiger partial charge < -0.3 is 19.2 Å². The summed E-state index contributed by atoms with van der Waals surface area (Å²) in [6.07, 6.45) is 5.44. The van der Waals surface area contributed by atoms with E-state index >= 15 is 0 Å². The normalized spacial score (nSPS) is 16.1. The number of benzene rings is 2. The Hall–Kier alpha value is -3.45. The van der Waals surface area contributed by atoms with E-state index in [1.165, 1.54) is 11.2 Å². The maximum Gasteiger partial charge on any atom is 0.294 e. The molecule has 2 aliphatic rings. The third-order valence-electron chi connectivity index (χ3n) is 6.15. The predicted octanol–water partition coefficient (Wildman–Crippen LogP) is 5.15. The third kappa shape index (κ3) is 4.61. The highest BCUT2D eigenvalue weighted by atomic mass is 35.5. The van der Waals surface area contributed by atoms with Crippen molar-refractivity contribution >= 4 is 29.1 Å². The molecule has 1 atom stereocenters. The van der Waals surface area contributed by atoms with E-state index in [4.69, 9.17) is 25.5 Å². The highest BCUT2D eigenvalue weighted by Gasteiger charge is 2.36. The van der Waals surface area contributed by atoms with Crippen molar-refractivity contribution in [2.75, 3.05) is 18.1 Å². The lowest BCUT2D eigenvalue weighted by atomic mass is 10.0. The van der Waals surface area contributed by atoms with Crippen molar-refractivity contribution in [1.82, 2.24) is 5.32 Å². The lowest BCUT2D eigenvalue weighted by Crippen LogP contribution is -2.46. The number of carbonyl (C=O) groups excluding carboxylic acids is 2. The van der Waals surface area contributed by atoms with Crippen molar-refractivity contribution in [3.8, 4) is 11.5 Å². The van der Waals surface area contributed by atoms with Gasteiger partial charge in [0, 0.05) is 22.8 Å². The van der Waals surface area contributed by atoms with Gasteiger partial charge in [-0.05, 0) is 54.8 Å². The van der Waals surface area contributed by atoms with Crippen LogP contribution in [-0.4, -0.2) is 31.1 Å². The highest BCUT2D eigenvalue weighted by molar-refractivity contribution is 6.30. The minimum absolute atomic E-state index is 0.0862. The third-order valence-corrected chi connectivity index (χ3v) is 6.40. The molecule has 1 aliphatic carbocycles. The largest absolute Gasteiger partial charge is 0.486 e. The molecule has 34 heavy (non-hydrogen) atoms. The smallest absolute Gasteiger partial charge is 0.294 e. The SMILES string of the molecule is O=C(NC1CCCC1)C(c1ccc(Cl)cc1)N(C(=O)c1ccco1)c1ccc2c(c1)OCCO2. The molecule has 1 N–H and O–H groups in total. The van der Waals surface area contributed by atoms with Gasteiger partial charge in [-0.2, -0.15) is 0 Å². The Balaban J connectivity index is 1.60. The van der Waals surface area contributed by atoms with Gasteiger partial charge in [0.05, 0.1) is 6.26 Å². The molecule has 7 nitrogen and oxygen atoms in total. The van der Waals surface area contributed by atoms with Gasteiger partial charge in [-0.25, -0.2) is 0 Å². The lowest BCUT2D eigenvalue weighted by Gasteiger charge is -2.32. The molecular weight excluding hydrogens is 456 g/mol. The summed E-state index contributed by atoms with van der Waals surface area (Å²) in [5.41, 5.74) is 1.13. The van der Waals surface area contributed by atoms with E-state index in [1.807, 2.05) is 0 Å². The van der Waals surface area contributed by atoms with Crippen LogP contribution in [0.1, 0.15) is 47.8 Å². The number of carbonyl (C=O) groups is 2. The molecule has 1 saturated carbocycles. The van der Waals surface area contributed by atoms with Gasteiger partial charge >= 0.3 is 0 Å². The number of halogens is 1. The first-order valence-electron chi connectivity index (χ1n) is 11.4. The summed E-state index contributed by atoms with van der Waals surface area (Å²) >= 11 is 6.13. The molecule has 1 fully saturated rings. The predicted molar refractivity (Wildman–Crippen MR) is 128 cm³/mol. The second-order valence-electron chi connectivity index (χ2n) is 8.42. The van der Waals surface area contributed by atoms with Crippen molar-refractivity contribution in [3.63, 3.8) is 0 Å². The molecular formula is C26H25ClN2O5. The van der Waals surface area contributed by atoms with E-state index in [2.05, 4.69) is 5.32 Å². The van der Waals surface area contributed by atoms with E-state index in [0.717, 1.165) is 25.7 Å². The van der Waals surface area contributed by atoms with E-state index in [9.17, 15) is 9.59 Å². The first-order valence-corrected chi connectivity index (χ1v) is 11.8. The molecule has 2 heterocycles. The highest BCUT2D eigenvalue weighted by Crippen LogP contribution is 2.38. The second kappa shape index (κ2) is 9.81. The van der Waals surface area contributed by atoms with Crippen LogP contribution in [0.2, 0.25) is 5.02 Å². The van der Waals surface area contributed by atoms with Gasteiger partial charge in [-0.15, -0.1) is 0 Å². The van der Waals surface area contributed by atoms with Gasteiger partial charge in [0.1, 0.15) is 19.3 Å². The van der Waals surface area contributed by atoms with Crippen LogP contribution in [-0.2, 0) is 4.79 Å². The second-order valence-corrected chi connectivity index (χ2v) is 8.86. The molecule has 2 amide bonds. The standard InChI is InChI=1S/C26H25ClN2O5/c27-18-9-7-17(8-10-18)24(25(30)28-19-4-1-2-5-19)29(26(31)22-6-3-13-32-22)20-11-12-21-23(16-20)34-15-14-33-21/h3,6-13,16,19,24H,1-2,4-5,14-15H2,(H,28,30). The Labute approximate surface area is 202 Å².